The minimum absolute atomic E-state index is 0. The second kappa shape index (κ2) is 13.4. The lowest BCUT2D eigenvalue weighted by Crippen LogP contribution is -2.55. The first-order valence-corrected chi connectivity index (χ1v) is 11.8. The van der Waals surface area contributed by atoms with Crippen LogP contribution in [0.4, 0.5) is 0 Å². The minimum atomic E-state index is 0. The highest BCUT2D eigenvalue weighted by Gasteiger charge is 2.34. The minimum Gasteiger partial charge on any atom is -0.379 e. The van der Waals surface area contributed by atoms with Gasteiger partial charge < -0.3 is 20.3 Å². The van der Waals surface area contributed by atoms with Crippen molar-refractivity contribution in [1.82, 2.24) is 25.3 Å². The topological polar surface area (TPSA) is 55.4 Å². The van der Waals surface area contributed by atoms with E-state index in [1.54, 1.807) is 0 Å². The number of hydrogen-bond acceptors (Lipinski definition) is 5. The van der Waals surface area contributed by atoms with Crippen LogP contribution in [-0.2, 0) is 4.74 Å². The summed E-state index contributed by atoms with van der Waals surface area (Å²) in [5.41, 5.74) is 0.333. The summed E-state index contributed by atoms with van der Waals surface area (Å²) in [6.45, 7) is 13.4. The van der Waals surface area contributed by atoms with Crippen LogP contribution in [0.2, 0.25) is 0 Å². The predicted octanol–water partition coefficient (Wildman–Crippen LogP) is 1.69. The van der Waals surface area contributed by atoms with Gasteiger partial charge in [0.2, 0.25) is 0 Å². The van der Waals surface area contributed by atoms with Gasteiger partial charge in [-0.15, -0.1) is 24.0 Å². The molecule has 1 unspecified atom stereocenters. The largest absolute Gasteiger partial charge is 0.379 e. The lowest BCUT2D eigenvalue weighted by molar-refractivity contribution is 0.00937. The number of nitrogens with zero attached hydrogens (tertiary/aromatic N) is 4. The van der Waals surface area contributed by atoms with E-state index in [9.17, 15) is 0 Å². The molecule has 176 valence electrons. The third-order valence-electron chi connectivity index (χ3n) is 6.98. The molecule has 2 heterocycles. The second-order valence-electron chi connectivity index (χ2n) is 9.42. The fourth-order valence-corrected chi connectivity index (χ4v) is 5.03. The van der Waals surface area contributed by atoms with E-state index in [2.05, 4.69) is 46.4 Å². The number of halogens is 1. The molecule has 0 bridgehead atoms. The van der Waals surface area contributed by atoms with Gasteiger partial charge in [-0.1, -0.05) is 19.3 Å². The van der Waals surface area contributed by atoms with Crippen LogP contribution in [0.5, 0.6) is 0 Å². The van der Waals surface area contributed by atoms with Gasteiger partial charge >= 0.3 is 0 Å². The molecular weight excluding hydrogens is 491 g/mol. The van der Waals surface area contributed by atoms with Gasteiger partial charge in [0.1, 0.15) is 0 Å². The van der Waals surface area contributed by atoms with Crippen LogP contribution in [0, 0.1) is 5.41 Å². The maximum atomic E-state index is 5.56. The van der Waals surface area contributed by atoms with Crippen molar-refractivity contribution in [3.63, 3.8) is 0 Å². The number of rotatable bonds is 7. The number of ether oxygens (including phenoxy) is 1. The summed E-state index contributed by atoms with van der Waals surface area (Å²) in [5.74, 6) is 0.987. The Morgan fingerprint density at radius 1 is 1.03 bits per heavy atom. The maximum Gasteiger partial charge on any atom is 0.191 e. The highest BCUT2D eigenvalue weighted by Crippen LogP contribution is 2.37. The second-order valence-corrected chi connectivity index (χ2v) is 9.42. The highest BCUT2D eigenvalue weighted by molar-refractivity contribution is 14.0. The van der Waals surface area contributed by atoms with Crippen LogP contribution in [0.25, 0.3) is 0 Å². The summed E-state index contributed by atoms with van der Waals surface area (Å²) < 4.78 is 5.56. The lowest BCUT2D eigenvalue weighted by Gasteiger charge is -2.41. The van der Waals surface area contributed by atoms with Crippen LogP contribution in [0.1, 0.15) is 39.0 Å². The molecule has 0 radical (unpaired) electrons. The van der Waals surface area contributed by atoms with E-state index in [1.807, 2.05) is 0 Å². The molecular formula is C22H45IN6O. The summed E-state index contributed by atoms with van der Waals surface area (Å²) >= 11 is 0. The molecule has 7 nitrogen and oxygen atoms in total. The van der Waals surface area contributed by atoms with E-state index in [-0.39, 0.29) is 24.0 Å². The molecule has 0 aromatic carbocycles. The molecule has 1 aliphatic carbocycles. The van der Waals surface area contributed by atoms with E-state index in [0.717, 1.165) is 71.5 Å². The average Bonchev–Trinajstić information content (AvgIpc) is 2.74. The third kappa shape index (κ3) is 8.07. The molecule has 0 spiro atoms. The number of morpholine rings is 1. The van der Waals surface area contributed by atoms with Crippen molar-refractivity contribution >= 4 is 29.9 Å². The Balaban J connectivity index is 0.00000320. The average molecular weight is 537 g/mol. The molecule has 3 fully saturated rings. The molecule has 8 heteroatoms. The Morgan fingerprint density at radius 3 is 2.47 bits per heavy atom. The Kier molecular flexibility index (Phi) is 11.7. The molecule has 2 N–H and O–H groups in total. The zero-order valence-electron chi connectivity index (χ0n) is 19.5. The van der Waals surface area contributed by atoms with Gasteiger partial charge in [-0.2, -0.15) is 0 Å². The zero-order chi connectivity index (χ0) is 20.5. The number of likely N-dealkylation sites (N-methyl/N-ethyl adjacent to an activating group) is 2. The number of piperazine rings is 1. The van der Waals surface area contributed by atoms with Gasteiger partial charge in [0, 0.05) is 70.4 Å². The molecule has 1 saturated carbocycles. The van der Waals surface area contributed by atoms with Crippen molar-refractivity contribution in [1.29, 1.82) is 0 Å². The molecule has 0 aromatic heterocycles. The van der Waals surface area contributed by atoms with Crippen LogP contribution < -0.4 is 10.6 Å². The number of guanidine groups is 1. The van der Waals surface area contributed by atoms with Crippen molar-refractivity contribution in [2.45, 2.75) is 45.1 Å². The van der Waals surface area contributed by atoms with E-state index in [1.165, 1.54) is 38.6 Å². The number of aliphatic imine (C=N–C) groups is 1. The van der Waals surface area contributed by atoms with Crippen molar-refractivity contribution in [3.8, 4) is 0 Å². The Labute approximate surface area is 201 Å². The fraction of sp³-hybridized carbons (Fsp3) is 0.955. The van der Waals surface area contributed by atoms with Gasteiger partial charge in [-0.05, 0) is 33.9 Å². The molecule has 30 heavy (non-hydrogen) atoms. The Morgan fingerprint density at radius 2 is 1.77 bits per heavy atom. The summed E-state index contributed by atoms with van der Waals surface area (Å²) in [5, 5.41) is 7.12. The number of nitrogens with one attached hydrogen (secondary N) is 2. The predicted molar refractivity (Wildman–Crippen MR) is 136 cm³/mol. The third-order valence-corrected chi connectivity index (χ3v) is 6.98. The molecule has 3 rings (SSSR count). The van der Waals surface area contributed by atoms with Gasteiger partial charge in [-0.25, -0.2) is 0 Å². The molecule has 1 atom stereocenters. The molecule has 3 aliphatic rings. The normalized spacial score (nSPS) is 26.8. The first kappa shape index (κ1) is 26.1. The number of hydrogen-bond donors (Lipinski definition) is 2. The molecule has 0 amide bonds. The summed E-state index contributed by atoms with van der Waals surface area (Å²) in [7, 11) is 4.46. The standard InChI is InChI=1S/C22H44N6O.HI/c1-4-23-21(24-16-20-17-26(2)10-11-27(20)3)25-18-22(8-6-5-7-9-22)19-28-12-14-29-15-13-28;/h20H,4-19H2,1-3H3,(H2,23,24,25);1H. The van der Waals surface area contributed by atoms with Gasteiger partial charge in [0.15, 0.2) is 5.96 Å². The Hall–Kier alpha value is -0.160. The van der Waals surface area contributed by atoms with Crippen LogP contribution in [-0.4, -0.2) is 113 Å². The van der Waals surface area contributed by atoms with Crippen molar-refractivity contribution in [2.24, 2.45) is 10.4 Å². The maximum absolute atomic E-state index is 5.56. The monoisotopic (exact) mass is 536 g/mol. The molecule has 2 saturated heterocycles. The first-order chi connectivity index (χ1) is 14.1. The van der Waals surface area contributed by atoms with Crippen molar-refractivity contribution in [2.75, 3.05) is 86.2 Å². The van der Waals surface area contributed by atoms with Gasteiger partial charge in [-0.3, -0.25) is 14.8 Å². The van der Waals surface area contributed by atoms with Gasteiger partial charge in [0.05, 0.1) is 13.2 Å². The fourth-order valence-electron chi connectivity index (χ4n) is 5.03. The highest BCUT2D eigenvalue weighted by atomic mass is 127. The zero-order valence-corrected chi connectivity index (χ0v) is 21.8. The van der Waals surface area contributed by atoms with E-state index in [4.69, 9.17) is 9.73 Å². The van der Waals surface area contributed by atoms with Crippen LogP contribution >= 0.6 is 24.0 Å². The van der Waals surface area contributed by atoms with E-state index < -0.39 is 0 Å². The molecule has 2 aliphatic heterocycles. The van der Waals surface area contributed by atoms with Gasteiger partial charge in [0.25, 0.3) is 0 Å². The first-order valence-electron chi connectivity index (χ1n) is 11.8. The van der Waals surface area contributed by atoms with E-state index in [0.29, 0.717) is 11.5 Å². The smallest absolute Gasteiger partial charge is 0.191 e. The molecule has 0 aromatic rings. The summed E-state index contributed by atoms with van der Waals surface area (Å²) in [6.07, 6.45) is 6.70. The lowest BCUT2D eigenvalue weighted by atomic mass is 9.73. The van der Waals surface area contributed by atoms with Crippen LogP contribution in [0.15, 0.2) is 4.99 Å². The summed E-state index contributed by atoms with van der Waals surface area (Å²) in [4.78, 5) is 12.6. The van der Waals surface area contributed by atoms with Crippen molar-refractivity contribution in [3.05, 3.63) is 0 Å². The van der Waals surface area contributed by atoms with Crippen LogP contribution in [0.3, 0.4) is 0 Å². The van der Waals surface area contributed by atoms with E-state index >= 15 is 0 Å². The summed E-state index contributed by atoms with van der Waals surface area (Å²) in [6, 6.07) is 0.537. The Bertz CT molecular complexity index is 508. The SMILES string of the molecule is CCNC(=NCC1(CN2CCOCC2)CCCCC1)NCC1CN(C)CCN1C.I. The van der Waals surface area contributed by atoms with Crippen molar-refractivity contribution < 1.29 is 4.74 Å². The quantitative estimate of drug-likeness (QED) is 0.294.